The number of ketones is 1. The zero-order valence-corrected chi connectivity index (χ0v) is 20.2. The molecule has 1 aliphatic carbocycles. The van der Waals surface area contributed by atoms with E-state index in [1.165, 1.54) is 30.7 Å². The minimum atomic E-state index is -4.52. The molecule has 3 aromatic rings. The van der Waals surface area contributed by atoms with Gasteiger partial charge in [0.2, 0.25) is 5.91 Å². The van der Waals surface area contributed by atoms with Crippen LogP contribution < -0.4 is 10.6 Å². The van der Waals surface area contributed by atoms with Gasteiger partial charge >= 0.3 is 6.18 Å². The molecule has 2 aromatic heterocycles. The summed E-state index contributed by atoms with van der Waals surface area (Å²) in [7, 11) is 0. The fourth-order valence-corrected chi connectivity index (χ4v) is 3.92. The number of halogens is 4. The number of hydrogen-bond acceptors (Lipinski definition) is 6. The van der Waals surface area contributed by atoms with Crippen LogP contribution in [0.1, 0.15) is 46.7 Å². The average molecular weight is 548 g/mol. The van der Waals surface area contributed by atoms with Gasteiger partial charge in [-0.2, -0.15) is 13.2 Å². The first kappa shape index (κ1) is 24.8. The van der Waals surface area contributed by atoms with Gasteiger partial charge in [0.05, 0.1) is 46.4 Å². The van der Waals surface area contributed by atoms with Gasteiger partial charge < -0.3 is 10.6 Å². The van der Waals surface area contributed by atoms with Crippen molar-refractivity contribution in [3.63, 3.8) is 0 Å². The van der Waals surface area contributed by atoms with Gasteiger partial charge in [0.25, 0.3) is 0 Å². The third-order valence-electron chi connectivity index (χ3n) is 5.76. The molecule has 0 unspecified atom stereocenters. The molecule has 1 aromatic carbocycles. The summed E-state index contributed by atoms with van der Waals surface area (Å²) in [5, 5.41) is 5.55. The molecule has 182 valence electrons. The van der Waals surface area contributed by atoms with Crippen LogP contribution >= 0.6 is 15.9 Å². The summed E-state index contributed by atoms with van der Waals surface area (Å²) in [4.78, 5) is 37.5. The number of nitrogens with one attached hydrogen (secondary N) is 2. The molecule has 0 saturated heterocycles. The predicted octanol–water partition coefficient (Wildman–Crippen LogP) is 5.37. The van der Waals surface area contributed by atoms with E-state index in [2.05, 4.69) is 41.5 Å². The fraction of sp³-hybridized carbons (Fsp3) is 0.292. The lowest BCUT2D eigenvalue weighted by atomic mass is 9.95. The summed E-state index contributed by atoms with van der Waals surface area (Å²) in [5.41, 5.74) is -0.354. The molecular weight excluding hydrogens is 527 g/mol. The maximum atomic E-state index is 13.3. The van der Waals surface area contributed by atoms with Crippen molar-refractivity contribution in [3.05, 3.63) is 76.0 Å². The summed E-state index contributed by atoms with van der Waals surface area (Å²) in [5.74, 6) is 0.150. The van der Waals surface area contributed by atoms with Crippen LogP contribution in [-0.2, 0) is 17.5 Å². The first-order valence-electron chi connectivity index (χ1n) is 10.7. The van der Waals surface area contributed by atoms with Crippen molar-refractivity contribution in [1.82, 2.24) is 20.3 Å². The van der Waals surface area contributed by atoms with Gasteiger partial charge in [0.15, 0.2) is 5.78 Å². The smallest absolute Gasteiger partial charge is 0.354 e. The van der Waals surface area contributed by atoms with Crippen molar-refractivity contribution in [2.45, 2.75) is 38.9 Å². The molecule has 2 heterocycles. The Kier molecular flexibility index (Phi) is 6.88. The minimum Gasteiger partial charge on any atom is -0.354 e. The van der Waals surface area contributed by atoms with E-state index in [9.17, 15) is 22.8 Å². The zero-order valence-electron chi connectivity index (χ0n) is 18.6. The lowest BCUT2D eigenvalue weighted by Gasteiger charge is -2.16. The van der Waals surface area contributed by atoms with Crippen LogP contribution in [-0.4, -0.2) is 26.6 Å². The highest BCUT2D eigenvalue weighted by atomic mass is 79.9. The van der Waals surface area contributed by atoms with Gasteiger partial charge in [-0.1, -0.05) is 15.9 Å². The van der Waals surface area contributed by atoms with Crippen LogP contribution in [0.15, 0.2) is 53.4 Å². The van der Waals surface area contributed by atoms with Crippen LogP contribution in [0.4, 0.5) is 24.5 Å². The van der Waals surface area contributed by atoms with Crippen molar-refractivity contribution in [2.24, 2.45) is 5.41 Å². The third kappa shape index (κ3) is 6.02. The van der Waals surface area contributed by atoms with Crippen molar-refractivity contribution in [2.75, 3.05) is 5.32 Å². The Labute approximate surface area is 207 Å². The summed E-state index contributed by atoms with van der Waals surface area (Å²) < 4.78 is 40.3. The number of benzene rings is 1. The van der Waals surface area contributed by atoms with Crippen molar-refractivity contribution < 1.29 is 22.8 Å². The van der Waals surface area contributed by atoms with E-state index < -0.39 is 17.2 Å². The SMILES string of the molecule is Cc1ncc(C(=O)CC2(C(=O)NCc3ccc(Nc4ccc(Br)cc4C(F)(F)F)cn3)CC2)cn1. The number of aryl methyl sites for hydroxylation is 1. The average Bonchev–Trinajstić information content (AvgIpc) is 3.60. The Morgan fingerprint density at radius 2 is 1.77 bits per heavy atom. The first-order chi connectivity index (χ1) is 16.6. The van der Waals surface area contributed by atoms with E-state index in [0.717, 1.165) is 6.07 Å². The molecule has 0 spiro atoms. The molecule has 1 saturated carbocycles. The maximum absolute atomic E-state index is 13.3. The van der Waals surface area contributed by atoms with Gasteiger partial charge in [-0.15, -0.1) is 0 Å². The van der Waals surface area contributed by atoms with E-state index in [1.54, 1.807) is 19.1 Å². The number of Topliss-reactive ketones (excluding diaryl/α,β-unsaturated/α-hetero) is 1. The Hall–Kier alpha value is -3.34. The number of nitrogens with zero attached hydrogens (tertiary/aromatic N) is 3. The lowest BCUT2D eigenvalue weighted by molar-refractivity contribution is -0.137. The Morgan fingerprint density at radius 3 is 2.37 bits per heavy atom. The molecule has 0 aliphatic heterocycles. The number of aromatic nitrogens is 3. The Morgan fingerprint density at radius 1 is 1.06 bits per heavy atom. The van der Waals surface area contributed by atoms with Gasteiger partial charge in [0.1, 0.15) is 5.82 Å². The molecular formula is C24H21BrF3N5O2. The summed E-state index contributed by atoms with van der Waals surface area (Å²) in [6.45, 7) is 1.86. The largest absolute Gasteiger partial charge is 0.418 e. The molecule has 0 bridgehead atoms. The van der Waals surface area contributed by atoms with Gasteiger partial charge in [-0.05, 0) is 50.1 Å². The highest BCUT2D eigenvalue weighted by Crippen LogP contribution is 2.49. The molecule has 0 radical (unpaired) electrons. The third-order valence-corrected chi connectivity index (χ3v) is 6.25. The normalized spacial score (nSPS) is 14.3. The molecule has 35 heavy (non-hydrogen) atoms. The van der Waals surface area contributed by atoms with E-state index in [1.807, 2.05) is 0 Å². The van der Waals surface area contributed by atoms with E-state index >= 15 is 0 Å². The standard InChI is InChI=1S/C24H21BrF3N5O2/c1-14-29-10-15(11-30-14)21(34)9-23(6-7-23)22(35)32-12-17-3-4-18(13-31-17)33-20-5-2-16(25)8-19(20)24(26,27)28/h2-5,8,10-11,13,33H,6-7,9,12H2,1H3,(H,32,35). The monoisotopic (exact) mass is 547 g/mol. The molecule has 0 atom stereocenters. The van der Waals surface area contributed by atoms with Crippen molar-refractivity contribution in [1.29, 1.82) is 0 Å². The lowest BCUT2D eigenvalue weighted by Crippen LogP contribution is -2.33. The number of carbonyl (C=O) groups excluding carboxylic acids is 2. The molecule has 7 nitrogen and oxygen atoms in total. The highest BCUT2D eigenvalue weighted by Gasteiger charge is 2.51. The second kappa shape index (κ2) is 9.73. The molecule has 4 rings (SSSR count). The van der Waals surface area contributed by atoms with Crippen LogP contribution in [0.3, 0.4) is 0 Å². The summed E-state index contributed by atoms with van der Waals surface area (Å²) in [6, 6.07) is 7.05. The fourth-order valence-electron chi connectivity index (χ4n) is 3.56. The van der Waals surface area contributed by atoms with Crippen molar-refractivity contribution >= 4 is 39.0 Å². The number of hydrogen-bond donors (Lipinski definition) is 2. The molecule has 1 amide bonds. The molecule has 1 aliphatic rings. The summed E-state index contributed by atoms with van der Waals surface area (Å²) >= 11 is 3.06. The second-order valence-electron chi connectivity index (χ2n) is 8.43. The number of carbonyl (C=O) groups is 2. The zero-order chi connectivity index (χ0) is 25.2. The maximum Gasteiger partial charge on any atom is 0.418 e. The number of rotatable bonds is 8. The second-order valence-corrected chi connectivity index (χ2v) is 9.35. The van der Waals surface area contributed by atoms with E-state index in [-0.39, 0.29) is 30.3 Å². The number of anilines is 2. The molecule has 2 N–H and O–H groups in total. The van der Waals surface area contributed by atoms with Gasteiger partial charge in [0, 0.05) is 23.3 Å². The topological polar surface area (TPSA) is 96.9 Å². The van der Waals surface area contributed by atoms with Gasteiger partial charge in [-0.3, -0.25) is 14.6 Å². The van der Waals surface area contributed by atoms with Crippen LogP contribution in [0, 0.1) is 12.3 Å². The summed E-state index contributed by atoms with van der Waals surface area (Å²) in [6.07, 6.45) is 1.11. The minimum absolute atomic E-state index is 0.0796. The first-order valence-corrected chi connectivity index (χ1v) is 11.5. The number of amides is 1. The highest BCUT2D eigenvalue weighted by molar-refractivity contribution is 9.10. The Bertz CT molecular complexity index is 1240. The molecule has 1 fully saturated rings. The van der Waals surface area contributed by atoms with E-state index in [0.29, 0.717) is 40.1 Å². The van der Waals surface area contributed by atoms with Crippen LogP contribution in [0.2, 0.25) is 0 Å². The van der Waals surface area contributed by atoms with Crippen LogP contribution in [0.25, 0.3) is 0 Å². The Balaban J connectivity index is 1.34. The van der Waals surface area contributed by atoms with Crippen molar-refractivity contribution in [3.8, 4) is 0 Å². The molecule has 11 heteroatoms. The number of pyridine rings is 1. The van der Waals surface area contributed by atoms with E-state index in [4.69, 9.17) is 0 Å². The van der Waals surface area contributed by atoms with Crippen LogP contribution in [0.5, 0.6) is 0 Å². The predicted molar refractivity (Wildman–Crippen MR) is 126 cm³/mol. The van der Waals surface area contributed by atoms with Gasteiger partial charge in [-0.25, -0.2) is 9.97 Å². The quantitative estimate of drug-likeness (QED) is 0.368. The number of alkyl halides is 3.